The van der Waals surface area contributed by atoms with Crippen LogP contribution in [-0.4, -0.2) is 29.5 Å². The molecule has 0 unspecified atom stereocenters. The van der Waals surface area contributed by atoms with E-state index in [1.165, 1.54) is 16.9 Å². The number of carbonyl (C=O) groups is 2. The van der Waals surface area contributed by atoms with Crippen LogP contribution in [0.25, 0.3) is 0 Å². The number of hydrogen-bond acceptors (Lipinski definition) is 4. The fourth-order valence-electron chi connectivity index (χ4n) is 2.90. The maximum absolute atomic E-state index is 11.9. The maximum atomic E-state index is 11.9. The zero-order valence-corrected chi connectivity index (χ0v) is 14.8. The van der Waals surface area contributed by atoms with Crippen LogP contribution in [0.1, 0.15) is 36.9 Å². The first-order valence-electron chi connectivity index (χ1n) is 8.51. The summed E-state index contributed by atoms with van der Waals surface area (Å²) >= 11 is 1.37. The van der Waals surface area contributed by atoms with Crippen molar-refractivity contribution in [2.45, 2.75) is 38.1 Å². The van der Waals surface area contributed by atoms with Gasteiger partial charge in [-0.3, -0.25) is 10.1 Å². The highest BCUT2D eigenvalue weighted by Crippen LogP contribution is 2.18. The summed E-state index contributed by atoms with van der Waals surface area (Å²) in [5.74, 6) is -0.147. The summed E-state index contributed by atoms with van der Waals surface area (Å²) in [6, 6.07) is 9.89. The molecule has 25 heavy (non-hydrogen) atoms. The molecule has 1 aromatic heterocycles. The van der Waals surface area contributed by atoms with Crippen LogP contribution in [0.3, 0.4) is 0 Å². The molecule has 1 aliphatic carbocycles. The molecular formula is C18H22N4O2S. The topological polar surface area (TPSA) is 83.1 Å². The van der Waals surface area contributed by atoms with Crippen molar-refractivity contribution < 1.29 is 9.59 Å². The predicted octanol–water partition coefficient (Wildman–Crippen LogP) is 2.91. The highest BCUT2D eigenvalue weighted by Gasteiger charge is 2.17. The summed E-state index contributed by atoms with van der Waals surface area (Å²) in [6.45, 7) is -0.0232. The van der Waals surface area contributed by atoms with Gasteiger partial charge in [-0.05, 0) is 18.4 Å². The predicted molar refractivity (Wildman–Crippen MR) is 98.8 cm³/mol. The lowest BCUT2D eigenvalue weighted by Crippen LogP contribution is -2.42. The summed E-state index contributed by atoms with van der Waals surface area (Å²) in [5, 5.41) is 10.6. The summed E-state index contributed by atoms with van der Waals surface area (Å²) < 4.78 is 0. The molecule has 0 spiro atoms. The van der Waals surface area contributed by atoms with Crippen molar-refractivity contribution in [1.82, 2.24) is 15.6 Å². The molecule has 1 heterocycles. The Hall–Kier alpha value is -2.41. The molecule has 3 N–H and O–H groups in total. The molecular weight excluding hydrogens is 336 g/mol. The molecule has 3 amide bonds. The number of nitrogens with one attached hydrogen (secondary N) is 3. The van der Waals surface area contributed by atoms with E-state index in [0.29, 0.717) is 5.13 Å². The molecule has 1 aliphatic rings. The third-order valence-electron chi connectivity index (χ3n) is 4.13. The van der Waals surface area contributed by atoms with Gasteiger partial charge in [-0.1, -0.05) is 43.2 Å². The van der Waals surface area contributed by atoms with E-state index < -0.39 is 6.03 Å². The Labute approximate surface area is 151 Å². The normalized spacial score (nSPS) is 14.2. The third-order valence-corrected chi connectivity index (χ3v) is 4.94. The van der Waals surface area contributed by atoms with Gasteiger partial charge in [0.2, 0.25) is 5.91 Å². The zero-order valence-electron chi connectivity index (χ0n) is 14.0. The zero-order chi connectivity index (χ0) is 17.5. The highest BCUT2D eigenvalue weighted by molar-refractivity contribution is 7.13. The number of aromatic nitrogens is 1. The molecule has 0 radical (unpaired) electrons. The second-order valence-electron chi connectivity index (χ2n) is 6.16. The minimum Gasteiger partial charge on any atom is -0.352 e. The summed E-state index contributed by atoms with van der Waals surface area (Å²) in [5.41, 5.74) is 2.08. The molecule has 0 atom stereocenters. The number of benzene rings is 1. The van der Waals surface area contributed by atoms with Gasteiger partial charge in [-0.15, -0.1) is 11.3 Å². The largest absolute Gasteiger partial charge is 0.352 e. The van der Waals surface area contributed by atoms with E-state index in [1.54, 1.807) is 0 Å². The number of nitrogens with zero attached hydrogens (tertiary/aromatic N) is 1. The van der Waals surface area contributed by atoms with Crippen LogP contribution in [-0.2, 0) is 11.2 Å². The van der Waals surface area contributed by atoms with Gasteiger partial charge in [-0.25, -0.2) is 9.78 Å². The van der Waals surface area contributed by atoms with Crippen molar-refractivity contribution in [2.75, 3.05) is 11.9 Å². The van der Waals surface area contributed by atoms with E-state index >= 15 is 0 Å². The highest BCUT2D eigenvalue weighted by atomic mass is 32.1. The molecule has 1 aromatic carbocycles. The average molecular weight is 358 g/mol. The first-order chi connectivity index (χ1) is 12.2. The third kappa shape index (κ3) is 5.56. The standard InChI is InChI=1S/C18H22N4O2S/c23-16(20-14-8-4-5-9-14)11-19-17(24)22-18-21-15(12-25-18)10-13-6-2-1-3-7-13/h1-3,6-7,12,14H,4-5,8-11H2,(H,20,23)(H2,19,21,22,24). The number of hydrogen-bond donors (Lipinski definition) is 3. The van der Waals surface area contributed by atoms with Gasteiger partial charge in [0.1, 0.15) is 0 Å². The summed E-state index contributed by atoms with van der Waals surface area (Å²) in [6.07, 6.45) is 5.11. The van der Waals surface area contributed by atoms with Crippen LogP contribution < -0.4 is 16.0 Å². The average Bonchev–Trinajstić information content (AvgIpc) is 3.26. The van der Waals surface area contributed by atoms with Crippen LogP contribution in [0.4, 0.5) is 9.93 Å². The molecule has 2 aromatic rings. The first-order valence-corrected chi connectivity index (χ1v) is 9.39. The van der Waals surface area contributed by atoms with Crippen LogP contribution in [0.15, 0.2) is 35.7 Å². The Bertz CT molecular complexity index is 711. The van der Waals surface area contributed by atoms with Gasteiger partial charge >= 0.3 is 6.03 Å². The van der Waals surface area contributed by atoms with Crippen molar-refractivity contribution in [2.24, 2.45) is 0 Å². The second-order valence-corrected chi connectivity index (χ2v) is 7.02. The lowest BCUT2D eigenvalue weighted by molar-refractivity contribution is -0.120. The first kappa shape index (κ1) is 17.4. The Balaban J connectivity index is 1.41. The van der Waals surface area contributed by atoms with Crippen LogP contribution in [0.5, 0.6) is 0 Å². The van der Waals surface area contributed by atoms with Crippen molar-refractivity contribution in [3.63, 3.8) is 0 Å². The fourth-order valence-corrected chi connectivity index (χ4v) is 3.61. The van der Waals surface area contributed by atoms with E-state index in [2.05, 4.69) is 20.9 Å². The van der Waals surface area contributed by atoms with Crippen molar-refractivity contribution in [3.8, 4) is 0 Å². The lowest BCUT2D eigenvalue weighted by atomic mass is 10.1. The van der Waals surface area contributed by atoms with Crippen LogP contribution >= 0.6 is 11.3 Å². The summed E-state index contributed by atoms with van der Waals surface area (Å²) in [7, 11) is 0. The number of thiazole rings is 1. The minimum absolute atomic E-state index is 0.0232. The van der Waals surface area contributed by atoms with Crippen LogP contribution in [0.2, 0.25) is 0 Å². The molecule has 3 rings (SSSR count). The van der Waals surface area contributed by atoms with Crippen molar-refractivity contribution >= 4 is 28.4 Å². The van der Waals surface area contributed by atoms with Crippen molar-refractivity contribution in [3.05, 3.63) is 47.0 Å². The molecule has 132 valence electrons. The summed E-state index contributed by atoms with van der Waals surface area (Å²) in [4.78, 5) is 28.1. The Morgan fingerprint density at radius 3 is 2.68 bits per heavy atom. The van der Waals surface area contributed by atoms with Gasteiger partial charge in [0, 0.05) is 17.8 Å². The minimum atomic E-state index is -0.415. The number of urea groups is 1. The SMILES string of the molecule is O=C(CNC(=O)Nc1nc(Cc2ccccc2)cs1)NC1CCCC1. The van der Waals surface area contributed by atoms with Gasteiger partial charge in [0.25, 0.3) is 0 Å². The van der Waals surface area contributed by atoms with E-state index in [0.717, 1.165) is 37.8 Å². The van der Waals surface area contributed by atoms with E-state index in [4.69, 9.17) is 0 Å². The number of carbonyl (C=O) groups excluding carboxylic acids is 2. The molecule has 0 bridgehead atoms. The fraction of sp³-hybridized carbons (Fsp3) is 0.389. The molecule has 1 fully saturated rings. The molecule has 7 heteroatoms. The molecule has 6 nitrogen and oxygen atoms in total. The van der Waals surface area contributed by atoms with Crippen molar-refractivity contribution in [1.29, 1.82) is 0 Å². The second kappa shape index (κ2) is 8.62. The van der Waals surface area contributed by atoms with E-state index in [-0.39, 0.29) is 18.5 Å². The molecule has 1 saturated carbocycles. The Morgan fingerprint density at radius 1 is 1.16 bits per heavy atom. The quantitative estimate of drug-likeness (QED) is 0.742. The number of rotatable bonds is 6. The molecule has 0 saturated heterocycles. The molecule has 0 aliphatic heterocycles. The van der Waals surface area contributed by atoms with Gasteiger partial charge in [0.05, 0.1) is 12.2 Å². The van der Waals surface area contributed by atoms with E-state index in [1.807, 2.05) is 35.7 Å². The van der Waals surface area contributed by atoms with Gasteiger partial charge in [0.15, 0.2) is 5.13 Å². The number of amides is 3. The Kier molecular flexibility index (Phi) is 6.00. The Morgan fingerprint density at radius 2 is 1.92 bits per heavy atom. The smallest absolute Gasteiger partial charge is 0.321 e. The maximum Gasteiger partial charge on any atom is 0.321 e. The van der Waals surface area contributed by atoms with Gasteiger partial charge in [-0.2, -0.15) is 0 Å². The number of anilines is 1. The lowest BCUT2D eigenvalue weighted by Gasteiger charge is -2.12. The van der Waals surface area contributed by atoms with Gasteiger partial charge < -0.3 is 10.6 Å². The van der Waals surface area contributed by atoms with E-state index in [9.17, 15) is 9.59 Å². The van der Waals surface area contributed by atoms with Crippen LogP contribution in [0, 0.1) is 0 Å². The monoisotopic (exact) mass is 358 g/mol.